The number of anilines is 1. The highest BCUT2D eigenvalue weighted by molar-refractivity contribution is 5.94. The molecule has 0 saturated carbocycles. The van der Waals surface area contributed by atoms with Crippen LogP contribution in [0.25, 0.3) is 11.1 Å². The minimum atomic E-state index is -0.434. The highest BCUT2D eigenvalue weighted by atomic mass is 16.6. The summed E-state index contributed by atoms with van der Waals surface area (Å²) in [5, 5.41) is 6.58. The highest BCUT2D eigenvalue weighted by Gasteiger charge is 2.33. The monoisotopic (exact) mass is 492 g/mol. The average Bonchev–Trinajstić information content (AvgIpc) is 3.35. The first kappa shape index (κ1) is 26.2. The zero-order chi connectivity index (χ0) is 25.7. The van der Waals surface area contributed by atoms with Gasteiger partial charge in [0.25, 0.3) is 0 Å². The van der Waals surface area contributed by atoms with Crippen molar-refractivity contribution >= 4 is 17.7 Å². The zero-order valence-electron chi connectivity index (χ0n) is 22.0. The molecule has 2 heterocycles. The van der Waals surface area contributed by atoms with Crippen molar-refractivity contribution in [2.24, 2.45) is 0 Å². The standard InChI is InChI=1S/C29H40N4O3/c1-20(2)36-29(35)31-27-17-21(3)33(22(4)34)28-12-11-25(18-26(27)28)24-9-7-23(8-10-24)19-30-13-16-32-14-5-6-15-32/h7-12,18,20-21,27,30H,5-6,13-17,19H2,1-4H3,(H,31,35). The third-order valence-corrected chi connectivity index (χ3v) is 7.07. The van der Waals surface area contributed by atoms with E-state index >= 15 is 0 Å². The van der Waals surface area contributed by atoms with Crippen LogP contribution in [0.1, 0.15) is 64.1 Å². The predicted octanol–water partition coefficient (Wildman–Crippen LogP) is 4.86. The van der Waals surface area contributed by atoms with Gasteiger partial charge < -0.3 is 25.2 Å². The summed E-state index contributed by atoms with van der Waals surface area (Å²) in [5.41, 5.74) is 5.21. The molecule has 2 aromatic carbocycles. The first-order chi connectivity index (χ1) is 17.3. The van der Waals surface area contributed by atoms with Crippen molar-refractivity contribution < 1.29 is 14.3 Å². The molecular formula is C29H40N4O3. The molecule has 7 heteroatoms. The van der Waals surface area contributed by atoms with E-state index in [0.29, 0.717) is 6.42 Å². The number of carbonyl (C=O) groups is 2. The number of nitrogens with one attached hydrogen (secondary N) is 2. The van der Waals surface area contributed by atoms with Crippen LogP contribution >= 0.6 is 0 Å². The fourth-order valence-electron chi connectivity index (χ4n) is 5.34. The molecule has 2 N–H and O–H groups in total. The van der Waals surface area contributed by atoms with Gasteiger partial charge in [0.15, 0.2) is 0 Å². The number of hydrogen-bond acceptors (Lipinski definition) is 5. The number of likely N-dealkylation sites (tertiary alicyclic amines) is 1. The Hall–Kier alpha value is -2.90. The second-order valence-corrected chi connectivity index (χ2v) is 10.3. The smallest absolute Gasteiger partial charge is 0.407 e. The number of rotatable bonds is 8. The Balaban J connectivity index is 1.48. The number of hydrogen-bond donors (Lipinski definition) is 2. The molecule has 36 heavy (non-hydrogen) atoms. The van der Waals surface area contributed by atoms with Gasteiger partial charge in [0.2, 0.25) is 5.91 Å². The molecule has 0 bridgehead atoms. The van der Waals surface area contributed by atoms with E-state index in [1.165, 1.54) is 31.5 Å². The summed E-state index contributed by atoms with van der Waals surface area (Å²) < 4.78 is 5.34. The maximum atomic E-state index is 12.4. The van der Waals surface area contributed by atoms with Gasteiger partial charge in [-0.3, -0.25) is 4.79 Å². The van der Waals surface area contributed by atoms with Crippen molar-refractivity contribution in [1.29, 1.82) is 0 Å². The largest absolute Gasteiger partial charge is 0.447 e. The molecule has 4 rings (SSSR count). The number of alkyl carbamates (subject to hydrolysis) is 1. The summed E-state index contributed by atoms with van der Waals surface area (Å²) in [6.45, 7) is 12.7. The van der Waals surface area contributed by atoms with Crippen LogP contribution in [0.5, 0.6) is 0 Å². The Labute approximate surface area is 215 Å². The molecule has 0 spiro atoms. The van der Waals surface area contributed by atoms with Gasteiger partial charge in [-0.25, -0.2) is 4.79 Å². The second kappa shape index (κ2) is 11.9. The van der Waals surface area contributed by atoms with Crippen molar-refractivity contribution in [3.8, 4) is 11.1 Å². The molecule has 2 aromatic rings. The molecule has 2 amide bonds. The van der Waals surface area contributed by atoms with Crippen LogP contribution in [0.4, 0.5) is 10.5 Å². The Bertz CT molecular complexity index is 1050. The van der Waals surface area contributed by atoms with Crippen LogP contribution in [0, 0.1) is 0 Å². The molecule has 2 aliphatic heterocycles. The van der Waals surface area contributed by atoms with Crippen molar-refractivity contribution in [2.75, 3.05) is 31.1 Å². The van der Waals surface area contributed by atoms with Gasteiger partial charge in [-0.05, 0) is 87.5 Å². The lowest BCUT2D eigenvalue weighted by Gasteiger charge is -2.39. The fourth-order valence-corrected chi connectivity index (χ4v) is 5.34. The average molecular weight is 493 g/mol. The van der Waals surface area contributed by atoms with Gasteiger partial charge in [0.1, 0.15) is 0 Å². The second-order valence-electron chi connectivity index (χ2n) is 10.3. The van der Waals surface area contributed by atoms with Crippen LogP contribution in [0.2, 0.25) is 0 Å². The van der Waals surface area contributed by atoms with Crippen LogP contribution in [0.3, 0.4) is 0 Å². The Morgan fingerprint density at radius 3 is 2.42 bits per heavy atom. The summed E-state index contributed by atoms with van der Waals surface area (Å²) >= 11 is 0. The van der Waals surface area contributed by atoms with E-state index in [0.717, 1.165) is 42.0 Å². The first-order valence-corrected chi connectivity index (χ1v) is 13.2. The quantitative estimate of drug-likeness (QED) is 0.515. The summed E-state index contributed by atoms with van der Waals surface area (Å²) in [6.07, 6.45) is 2.66. The number of carbonyl (C=O) groups excluding carboxylic acids is 2. The zero-order valence-corrected chi connectivity index (χ0v) is 22.0. The fraction of sp³-hybridized carbons (Fsp3) is 0.517. The summed E-state index contributed by atoms with van der Waals surface area (Å²) in [5.74, 6) is 0.00120. The predicted molar refractivity (Wildman–Crippen MR) is 144 cm³/mol. The van der Waals surface area contributed by atoms with E-state index in [9.17, 15) is 9.59 Å². The van der Waals surface area contributed by atoms with Crippen LogP contribution in [0.15, 0.2) is 42.5 Å². The first-order valence-electron chi connectivity index (χ1n) is 13.2. The van der Waals surface area contributed by atoms with Crippen LogP contribution < -0.4 is 15.5 Å². The highest BCUT2D eigenvalue weighted by Crippen LogP contribution is 2.39. The van der Waals surface area contributed by atoms with Gasteiger partial charge in [-0.15, -0.1) is 0 Å². The van der Waals surface area contributed by atoms with Crippen molar-refractivity contribution in [2.45, 2.75) is 71.7 Å². The Kier molecular flexibility index (Phi) is 8.64. The Morgan fingerprint density at radius 1 is 1.06 bits per heavy atom. The summed E-state index contributed by atoms with van der Waals surface area (Å²) in [6, 6.07) is 14.5. The molecule has 1 fully saturated rings. The van der Waals surface area contributed by atoms with Gasteiger partial charge in [0, 0.05) is 38.3 Å². The van der Waals surface area contributed by atoms with Crippen LogP contribution in [-0.2, 0) is 16.1 Å². The topological polar surface area (TPSA) is 73.9 Å². The summed E-state index contributed by atoms with van der Waals surface area (Å²) in [4.78, 5) is 29.2. The van der Waals surface area contributed by atoms with Crippen molar-refractivity contribution in [3.05, 3.63) is 53.6 Å². The minimum absolute atomic E-state index is 0.00120. The third-order valence-electron chi connectivity index (χ3n) is 7.07. The van der Waals surface area contributed by atoms with E-state index < -0.39 is 6.09 Å². The maximum absolute atomic E-state index is 12.4. The molecule has 0 radical (unpaired) electrons. The normalized spacial score (nSPS) is 19.9. The SMILES string of the molecule is CC(=O)N1c2ccc(-c3ccc(CNCCN4CCCC4)cc3)cc2C(NC(=O)OC(C)C)CC1C. The van der Waals surface area contributed by atoms with Crippen molar-refractivity contribution in [1.82, 2.24) is 15.5 Å². The molecule has 1 saturated heterocycles. The lowest BCUT2D eigenvalue weighted by Crippen LogP contribution is -2.45. The van der Waals surface area contributed by atoms with Crippen LogP contribution in [-0.4, -0.2) is 55.2 Å². The molecular weight excluding hydrogens is 452 g/mol. The number of benzene rings is 2. The molecule has 2 aliphatic rings. The van der Waals surface area contributed by atoms with E-state index in [2.05, 4.69) is 51.9 Å². The van der Waals surface area contributed by atoms with E-state index in [1.807, 2.05) is 31.7 Å². The molecule has 2 atom stereocenters. The molecule has 0 aliphatic carbocycles. The van der Waals surface area contributed by atoms with E-state index in [-0.39, 0.29) is 24.1 Å². The minimum Gasteiger partial charge on any atom is -0.447 e. The van der Waals surface area contributed by atoms with E-state index in [4.69, 9.17) is 4.74 Å². The number of fused-ring (bicyclic) bond motifs is 1. The van der Waals surface area contributed by atoms with Gasteiger partial charge in [0.05, 0.1) is 12.1 Å². The Morgan fingerprint density at radius 2 is 1.75 bits per heavy atom. The number of ether oxygens (including phenoxy) is 1. The third kappa shape index (κ3) is 6.45. The lowest BCUT2D eigenvalue weighted by atomic mass is 9.89. The molecule has 0 aromatic heterocycles. The number of nitrogens with zero attached hydrogens (tertiary/aromatic N) is 2. The maximum Gasteiger partial charge on any atom is 0.407 e. The molecule has 194 valence electrons. The van der Waals surface area contributed by atoms with Gasteiger partial charge in [-0.1, -0.05) is 30.3 Å². The molecule has 7 nitrogen and oxygen atoms in total. The summed E-state index contributed by atoms with van der Waals surface area (Å²) in [7, 11) is 0. The van der Waals surface area contributed by atoms with Gasteiger partial charge >= 0.3 is 6.09 Å². The molecule has 2 unspecified atom stereocenters. The van der Waals surface area contributed by atoms with Crippen molar-refractivity contribution in [3.63, 3.8) is 0 Å². The van der Waals surface area contributed by atoms with Gasteiger partial charge in [-0.2, -0.15) is 0 Å². The lowest BCUT2D eigenvalue weighted by molar-refractivity contribution is -0.117. The number of amides is 2. The van der Waals surface area contributed by atoms with E-state index in [1.54, 1.807) is 6.92 Å².